The summed E-state index contributed by atoms with van der Waals surface area (Å²) in [5.41, 5.74) is -0.118. The average molecular weight is 451 g/mol. The summed E-state index contributed by atoms with van der Waals surface area (Å²) in [6, 6.07) is 5.72. The molecule has 0 aliphatic rings. The summed E-state index contributed by atoms with van der Waals surface area (Å²) in [5.74, 6) is -2.06. The van der Waals surface area contributed by atoms with E-state index >= 15 is 0 Å². The molecule has 10 nitrogen and oxygen atoms in total. The highest BCUT2D eigenvalue weighted by Gasteiger charge is 2.38. The molecule has 0 spiro atoms. The zero-order valence-electron chi connectivity index (χ0n) is 16.8. The Hall–Kier alpha value is -2.93. The number of rotatable bonds is 13. The van der Waals surface area contributed by atoms with Gasteiger partial charge in [-0.25, -0.2) is 4.79 Å². The smallest absolute Gasteiger partial charge is 0.450 e. The standard InChI is InChI=1S/C18H24F3N3O7/c1-2-29-17(26)23-10-6-12-31-15(13-7-3-4-8-14(13)24(27)28)30-11-5-9-22-16(25)18(19,20)21/h3-4,7-8,15H,2,5-6,9-12H2,1H3,(H,22,25)(H,23,26). The number of alkyl halides is 3. The van der Waals surface area contributed by atoms with Crippen LogP contribution in [0.4, 0.5) is 23.7 Å². The predicted octanol–water partition coefficient (Wildman–Crippen LogP) is 2.83. The number of carbonyl (C=O) groups excluding carboxylic acids is 2. The topological polar surface area (TPSA) is 129 Å². The van der Waals surface area contributed by atoms with Crippen LogP contribution in [0.3, 0.4) is 0 Å². The van der Waals surface area contributed by atoms with E-state index in [1.54, 1.807) is 18.3 Å². The number of amides is 2. The second kappa shape index (κ2) is 13.4. The van der Waals surface area contributed by atoms with E-state index in [0.29, 0.717) is 6.42 Å². The third-order valence-corrected chi connectivity index (χ3v) is 3.66. The van der Waals surface area contributed by atoms with Crippen molar-refractivity contribution in [2.24, 2.45) is 0 Å². The second-order valence-electron chi connectivity index (χ2n) is 6.00. The molecule has 0 aliphatic heterocycles. The maximum absolute atomic E-state index is 12.2. The molecule has 1 atom stereocenters. The van der Waals surface area contributed by atoms with Gasteiger partial charge in [-0.05, 0) is 25.8 Å². The summed E-state index contributed by atoms with van der Waals surface area (Å²) in [6.07, 6.45) is -6.36. The van der Waals surface area contributed by atoms with Crippen LogP contribution in [0.25, 0.3) is 0 Å². The first-order valence-electron chi connectivity index (χ1n) is 9.39. The number of alkyl carbamates (subject to hydrolysis) is 1. The van der Waals surface area contributed by atoms with Gasteiger partial charge in [-0.1, -0.05) is 12.1 Å². The van der Waals surface area contributed by atoms with Crippen LogP contribution in [0.2, 0.25) is 0 Å². The van der Waals surface area contributed by atoms with Gasteiger partial charge in [0, 0.05) is 19.2 Å². The molecule has 0 saturated carbocycles. The molecule has 13 heteroatoms. The largest absolute Gasteiger partial charge is 0.471 e. The minimum Gasteiger partial charge on any atom is -0.450 e. The Balaban J connectivity index is 2.60. The first-order chi connectivity index (χ1) is 14.7. The van der Waals surface area contributed by atoms with Gasteiger partial charge in [0.1, 0.15) is 0 Å². The molecule has 0 heterocycles. The molecule has 0 bridgehead atoms. The van der Waals surface area contributed by atoms with Crippen LogP contribution in [0.15, 0.2) is 24.3 Å². The van der Waals surface area contributed by atoms with E-state index in [0.717, 1.165) is 0 Å². The Bertz CT molecular complexity index is 732. The summed E-state index contributed by atoms with van der Waals surface area (Å²) < 4.78 is 52.2. The monoisotopic (exact) mass is 451 g/mol. The van der Waals surface area contributed by atoms with Crippen molar-refractivity contribution in [1.82, 2.24) is 10.6 Å². The van der Waals surface area contributed by atoms with Gasteiger partial charge < -0.3 is 24.8 Å². The lowest BCUT2D eigenvalue weighted by molar-refractivity contribution is -0.387. The number of ether oxygens (including phenoxy) is 3. The molecule has 1 aromatic carbocycles. The molecule has 2 N–H and O–H groups in total. The molecular weight excluding hydrogens is 427 g/mol. The first-order valence-corrected chi connectivity index (χ1v) is 9.39. The number of nitro groups is 1. The van der Waals surface area contributed by atoms with E-state index in [1.165, 1.54) is 18.2 Å². The van der Waals surface area contributed by atoms with Gasteiger partial charge in [0.25, 0.3) is 5.69 Å². The third kappa shape index (κ3) is 10.1. The minimum absolute atomic E-state index is 0.0206. The molecule has 2 amide bonds. The Morgan fingerprint density at radius 3 is 2.23 bits per heavy atom. The van der Waals surface area contributed by atoms with Gasteiger partial charge in [-0.15, -0.1) is 0 Å². The number of halogens is 3. The molecule has 1 unspecified atom stereocenters. The summed E-state index contributed by atoms with van der Waals surface area (Å²) in [4.78, 5) is 32.7. The van der Waals surface area contributed by atoms with E-state index in [-0.39, 0.29) is 50.6 Å². The number of para-hydroxylation sites is 1. The van der Waals surface area contributed by atoms with Crippen LogP contribution < -0.4 is 10.6 Å². The van der Waals surface area contributed by atoms with Gasteiger partial charge in [-0.2, -0.15) is 13.2 Å². The van der Waals surface area contributed by atoms with Crippen LogP contribution in [0.1, 0.15) is 31.6 Å². The summed E-state index contributed by atoms with van der Waals surface area (Å²) in [5, 5.41) is 15.5. The Kier molecular flexibility index (Phi) is 11.3. The van der Waals surface area contributed by atoms with Gasteiger partial charge in [0.2, 0.25) is 0 Å². The maximum Gasteiger partial charge on any atom is 0.471 e. The van der Waals surface area contributed by atoms with Gasteiger partial charge in [0.15, 0.2) is 6.29 Å². The minimum atomic E-state index is -4.98. The highest BCUT2D eigenvalue weighted by molar-refractivity contribution is 5.81. The quantitative estimate of drug-likeness (QED) is 0.204. The first kappa shape index (κ1) is 26.1. The van der Waals surface area contributed by atoms with Crippen molar-refractivity contribution in [1.29, 1.82) is 0 Å². The van der Waals surface area contributed by atoms with Crippen molar-refractivity contribution in [3.8, 4) is 0 Å². The molecule has 0 aromatic heterocycles. The normalized spacial score (nSPS) is 12.1. The number of nitrogens with zero attached hydrogens (tertiary/aromatic N) is 1. The molecule has 31 heavy (non-hydrogen) atoms. The molecule has 0 fully saturated rings. The highest BCUT2D eigenvalue weighted by Crippen LogP contribution is 2.28. The van der Waals surface area contributed by atoms with Crippen molar-refractivity contribution in [3.63, 3.8) is 0 Å². The third-order valence-electron chi connectivity index (χ3n) is 3.66. The van der Waals surface area contributed by atoms with Crippen molar-refractivity contribution >= 4 is 17.7 Å². The van der Waals surface area contributed by atoms with Gasteiger partial charge in [-0.3, -0.25) is 14.9 Å². The van der Waals surface area contributed by atoms with E-state index in [1.807, 2.05) is 0 Å². The van der Waals surface area contributed by atoms with Crippen LogP contribution in [0.5, 0.6) is 0 Å². The Morgan fingerprint density at radius 2 is 1.68 bits per heavy atom. The van der Waals surface area contributed by atoms with Crippen LogP contribution in [-0.2, 0) is 19.0 Å². The van der Waals surface area contributed by atoms with E-state index in [2.05, 4.69) is 5.32 Å². The molecule has 0 aliphatic carbocycles. The van der Waals surface area contributed by atoms with Gasteiger partial charge in [0.05, 0.1) is 30.3 Å². The van der Waals surface area contributed by atoms with Crippen molar-refractivity contribution in [2.45, 2.75) is 32.2 Å². The SMILES string of the molecule is CCOC(=O)NCCCOC(OCCCNC(=O)C(F)(F)F)c1ccccc1[N+](=O)[O-]. The number of hydrogen-bond donors (Lipinski definition) is 2. The lowest BCUT2D eigenvalue weighted by atomic mass is 10.1. The number of nitro benzene ring substituents is 1. The molecular formula is C18H24F3N3O7. The maximum atomic E-state index is 12.2. The number of hydrogen-bond acceptors (Lipinski definition) is 7. The summed E-state index contributed by atoms with van der Waals surface area (Å²) >= 11 is 0. The zero-order chi connectivity index (χ0) is 23.3. The second-order valence-corrected chi connectivity index (χ2v) is 6.00. The zero-order valence-corrected chi connectivity index (χ0v) is 16.8. The number of benzene rings is 1. The van der Waals surface area contributed by atoms with Crippen molar-refractivity contribution in [2.75, 3.05) is 32.9 Å². The average Bonchev–Trinajstić information content (AvgIpc) is 2.71. The Labute approximate surface area is 176 Å². The molecule has 1 rings (SSSR count). The molecule has 0 saturated heterocycles. The lowest BCUT2D eigenvalue weighted by Crippen LogP contribution is -2.37. The molecule has 1 aromatic rings. The van der Waals surface area contributed by atoms with E-state index in [4.69, 9.17) is 14.2 Å². The fraction of sp³-hybridized carbons (Fsp3) is 0.556. The number of nitrogens with one attached hydrogen (secondary N) is 2. The van der Waals surface area contributed by atoms with Crippen molar-refractivity contribution < 1.29 is 41.9 Å². The molecule has 174 valence electrons. The molecule has 0 radical (unpaired) electrons. The lowest BCUT2D eigenvalue weighted by Gasteiger charge is -2.19. The van der Waals surface area contributed by atoms with Crippen molar-refractivity contribution in [3.05, 3.63) is 39.9 Å². The highest BCUT2D eigenvalue weighted by atomic mass is 19.4. The van der Waals surface area contributed by atoms with Gasteiger partial charge >= 0.3 is 18.2 Å². The summed E-state index contributed by atoms with van der Waals surface area (Å²) in [7, 11) is 0. The fourth-order valence-corrected chi connectivity index (χ4v) is 2.28. The van der Waals surface area contributed by atoms with E-state index < -0.39 is 29.4 Å². The number of carbonyl (C=O) groups is 2. The predicted molar refractivity (Wildman–Crippen MR) is 101 cm³/mol. The van der Waals surface area contributed by atoms with Crippen LogP contribution in [0, 0.1) is 10.1 Å². The summed E-state index contributed by atoms with van der Waals surface area (Å²) in [6.45, 7) is 1.74. The van der Waals surface area contributed by atoms with Crippen LogP contribution >= 0.6 is 0 Å². The fourth-order valence-electron chi connectivity index (χ4n) is 2.28. The van der Waals surface area contributed by atoms with E-state index in [9.17, 15) is 32.9 Å². The van der Waals surface area contributed by atoms with Crippen LogP contribution in [-0.4, -0.2) is 56.0 Å². The Morgan fingerprint density at radius 1 is 1.10 bits per heavy atom.